The summed E-state index contributed by atoms with van der Waals surface area (Å²) in [5.74, 6) is 3.01. The van der Waals surface area contributed by atoms with Gasteiger partial charge in [0.25, 0.3) is 0 Å². The minimum Gasteiger partial charge on any atom is -0.300 e. The van der Waals surface area contributed by atoms with Crippen LogP contribution in [-0.2, 0) is 6.18 Å². The number of hydrogen-bond donors (Lipinski definition) is 0. The molecule has 0 unspecified atom stereocenters. The highest BCUT2D eigenvalue weighted by molar-refractivity contribution is 7.99. The molecular formula is C20H27F3N2S. The van der Waals surface area contributed by atoms with Gasteiger partial charge in [0.1, 0.15) is 5.69 Å². The average molecular weight is 385 g/mol. The number of hydrogen-bond acceptors (Lipinski definition) is 3. The van der Waals surface area contributed by atoms with Crippen LogP contribution in [0.3, 0.4) is 0 Å². The summed E-state index contributed by atoms with van der Waals surface area (Å²) >= 11 is 2.11. The molecule has 26 heavy (non-hydrogen) atoms. The standard InChI is InChI=1S/C20H27F3N2S/c21-20(22,23)18-7-4-16(12-24-18)15-2-5-17(6-3-15)25-10-1-8-19(13-25)9-11-26-14-19/h4,7,12,15,17H,1-3,5-6,8-11,13-14H2/t15?,17?,19-/m0/s1. The quantitative estimate of drug-likeness (QED) is 0.684. The fourth-order valence-electron chi connectivity index (χ4n) is 5.12. The summed E-state index contributed by atoms with van der Waals surface area (Å²) < 4.78 is 38.0. The normalized spacial score (nSPS) is 33.7. The van der Waals surface area contributed by atoms with Crippen molar-refractivity contribution in [3.8, 4) is 0 Å². The van der Waals surface area contributed by atoms with Crippen molar-refractivity contribution in [3.63, 3.8) is 0 Å². The Morgan fingerprint density at radius 2 is 1.92 bits per heavy atom. The number of halogens is 3. The summed E-state index contributed by atoms with van der Waals surface area (Å²) in [6.45, 7) is 2.49. The first-order valence-electron chi connectivity index (χ1n) is 9.80. The second-order valence-electron chi connectivity index (χ2n) is 8.36. The lowest BCUT2D eigenvalue weighted by Crippen LogP contribution is -2.49. The molecule has 0 radical (unpaired) electrons. The lowest BCUT2D eigenvalue weighted by Gasteiger charge is -2.45. The summed E-state index contributed by atoms with van der Waals surface area (Å²) in [4.78, 5) is 6.38. The topological polar surface area (TPSA) is 16.1 Å². The van der Waals surface area contributed by atoms with Crippen molar-refractivity contribution in [2.24, 2.45) is 5.41 Å². The third-order valence-corrected chi connectivity index (χ3v) is 7.95. The van der Waals surface area contributed by atoms with E-state index in [1.54, 1.807) is 6.07 Å². The van der Waals surface area contributed by atoms with E-state index < -0.39 is 11.9 Å². The molecule has 2 aliphatic heterocycles. The van der Waals surface area contributed by atoms with Gasteiger partial charge >= 0.3 is 6.18 Å². The van der Waals surface area contributed by atoms with Crippen LogP contribution in [0.4, 0.5) is 13.2 Å². The zero-order chi connectivity index (χ0) is 18.2. The molecule has 0 aromatic carbocycles. The highest BCUT2D eigenvalue weighted by Gasteiger charge is 2.40. The molecule has 3 fully saturated rings. The van der Waals surface area contributed by atoms with Crippen molar-refractivity contribution in [2.45, 2.75) is 63.1 Å². The predicted octanol–water partition coefficient (Wildman–Crippen LogP) is 5.35. The summed E-state index contributed by atoms with van der Waals surface area (Å²) in [5.41, 5.74) is 0.749. The molecule has 1 spiro atoms. The van der Waals surface area contributed by atoms with Gasteiger partial charge in [0.05, 0.1) is 0 Å². The number of nitrogens with zero attached hydrogens (tertiary/aromatic N) is 2. The monoisotopic (exact) mass is 384 g/mol. The maximum absolute atomic E-state index is 12.7. The molecule has 1 aromatic heterocycles. The van der Waals surface area contributed by atoms with Crippen molar-refractivity contribution in [2.75, 3.05) is 24.6 Å². The fourth-order valence-corrected chi connectivity index (χ4v) is 6.65. The van der Waals surface area contributed by atoms with Gasteiger partial charge in [0.15, 0.2) is 0 Å². The van der Waals surface area contributed by atoms with E-state index in [0.29, 0.717) is 17.4 Å². The highest BCUT2D eigenvalue weighted by atomic mass is 32.2. The Labute approximate surface area is 157 Å². The maximum atomic E-state index is 12.7. The van der Waals surface area contributed by atoms with E-state index in [0.717, 1.165) is 37.3 Å². The second kappa shape index (κ2) is 7.34. The number of aromatic nitrogens is 1. The summed E-state index contributed by atoms with van der Waals surface area (Å²) in [6, 6.07) is 3.43. The highest BCUT2D eigenvalue weighted by Crippen LogP contribution is 2.45. The van der Waals surface area contributed by atoms with Crippen LogP contribution in [0.1, 0.15) is 62.1 Å². The van der Waals surface area contributed by atoms with E-state index in [1.165, 1.54) is 50.1 Å². The molecule has 3 aliphatic rings. The van der Waals surface area contributed by atoms with Crippen molar-refractivity contribution in [3.05, 3.63) is 29.6 Å². The molecule has 2 saturated heterocycles. The van der Waals surface area contributed by atoms with Crippen LogP contribution >= 0.6 is 11.8 Å². The smallest absolute Gasteiger partial charge is 0.300 e. The largest absolute Gasteiger partial charge is 0.433 e. The molecule has 144 valence electrons. The molecule has 1 aromatic rings. The van der Waals surface area contributed by atoms with Crippen LogP contribution in [0.5, 0.6) is 0 Å². The zero-order valence-corrected chi connectivity index (χ0v) is 15.9. The molecule has 0 N–H and O–H groups in total. The van der Waals surface area contributed by atoms with Gasteiger partial charge in [-0.15, -0.1) is 0 Å². The van der Waals surface area contributed by atoms with E-state index in [-0.39, 0.29) is 0 Å². The Hall–Kier alpha value is -0.750. The number of piperidine rings is 1. The van der Waals surface area contributed by atoms with Gasteiger partial charge in [-0.3, -0.25) is 9.88 Å². The number of alkyl halides is 3. The Balaban J connectivity index is 1.34. The van der Waals surface area contributed by atoms with Crippen LogP contribution in [0, 0.1) is 5.41 Å². The van der Waals surface area contributed by atoms with Crippen LogP contribution in [0.2, 0.25) is 0 Å². The van der Waals surface area contributed by atoms with Crippen LogP contribution < -0.4 is 0 Å². The SMILES string of the molecule is FC(F)(F)c1ccc(C2CCC(N3CCC[C@]4(CCSC4)C3)CC2)cn1. The maximum Gasteiger partial charge on any atom is 0.433 e. The summed E-state index contributed by atoms with van der Waals surface area (Å²) in [7, 11) is 0. The first kappa shape index (κ1) is 18.6. The second-order valence-corrected chi connectivity index (χ2v) is 9.46. The molecule has 1 aliphatic carbocycles. The third-order valence-electron chi connectivity index (χ3n) is 6.64. The Morgan fingerprint density at radius 3 is 2.54 bits per heavy atom. The molecule has 2 nitrogen and oxygen atoms in total. The van der Waals surface area contributed by atoms with Crippen LogP contribution in [-0.4, -0.2) is 40.5 Å². The minimum absolute atomic E-state index is 0.363. The molecule has 0 amide bonds. The third kappa shape index (κ3) is 3.91. The van der Waals surface area contributed by atoms with E-state index in [1.807, 2.05) is 0 Å². The van der Waals surface area contributed by atoms with E-state index in [9.17, 15) is 13.2 Å². The van der Waals surface area contributed by atoms with E-state index in [4.69, 9.17) is 0 Å². The number of pyridine rings is 1. The van der Waals surface area contributed by atoms with Gasteiger partial charge in [-0.2, -0.15) is 24.9 Å². The van der Waals surface area contributed by atoms with Gasteiger partial charge in [0, 0.05) is 24.5 Å². The Morgan fingerprint density at radius 1 is 1.12 bits per heavy atom. The van der Waals surface area contributed by atoms with Gasteiger partial charge in [-0.05, 0) is 80.2 Å². The molecular weight excluding hydrogens is 357 g/mol. The van der Waals surface area contributed by atoms with E-state index >= 15 is 0 Å². The lowest BCUT2D eigenvalue weighted by atomic mass is 9.76. The summed E-state index contributed by atoms with van der Waals surface area (Å²) in [5, 5.41) is 0. The van der Waals surface area contributed by atoms with Gasteiger partial charge in [-0.25, -0.2) is 0 Å². The molecule has 6 heteroatoms. The van der Waals surface area contributed by atoms with Crippen molar-refractivity contribution >= 4 is 11.8 Å². The number of thioether (sulfide) groups is 1. The lowest BCUT2D eigenvalue weighted by molar-refractivity contribution is -0.141. The van der Waals surface area contributed by atoms with Crippen molar-refractivity contribution < 1.29 is 13.2 Å². The van der Waals surface area contributed by atoms with Crippen molar-refractivity contribution in [1.82, 2.24) is 9.88 Å². The van der Waals surface area contributed by atoms with Crippen LogP contribution in [0.15, 0.2) is 18.3 Å². The molecule has 1 saturated carbocycles. The average Bonchev–Trinajstić information content (AvgIpc) is 3.09. The number of likely N-dealkylation sites (tertiary alicyclic amines) is 1. The fraction of sp³-hybridized carbons (Fsp3) is 0.750. The van der Waals surface area contributed by atoms with Gasteiger partial charge < -0.3 is 0 Å². The minimum atomic E-state index is -4.35. The molecule has 0 bridgehead atoms. The van der Waals surface area contributed by atoms with E-state index in [2.05, 4.69) is 21.6 Å². The number of rotatable bonds is 2. The summed E-state index contributed by atoms with van der Waals surface area (Å²) in [6.07, 6.45) is 5.64. The van der Waals surface area contributed by atoms with Gasteiger partial charge in [0.2, 0.25) is 0 Å². The van der Waals surface area contributed by atoms with Crippen molar-refractivity contribution in [1.29, 1.82) is 0 Å². The Bertz CT molecular complexity index is 602. The van der Waals surface area contributed by atoms with Gasteiger partial charge in [-0.1, -0.05) is 6.07 Å². The molecule has 3 heterocycles. The first-order valence-corrected chi connectivity index (χ1v) is 11.0. The molecule has 1 atom stereocenters. The van der Waals surface area contributed by atoms with Crippen LogP contribution in [0.25, 0.3) is 0 Å². The molecule has 4 rings (SSSR count). The Kier molecular flexibility index (Phi) is 5.26. The predicted molar refractivity (Wildman–Crippen MR) is 99.4 cm³/mol. The first-order chi connectivity index (χ1) is 12.5. The zero-order valence-electron chi connectivity index (χ0n) is 15.1.